The summed E-state index contributed by atoms with van der Waals surface area (Å²) in [5.41, 5.74) is 4.98. The fourth-order valence-electron chi connectivity index (χ4n) is 2.22. The predicted octanol–water partition coefficient (Wildman–Crippen LogP) is 0.425. The summed E-state index contributed by atoms with van der Waals surface area (Å²) < 4.78 is 49.4. The van der Waals surface area contributed by atoms with Crippen molar-refractivity contribution in [3.8, 4) is 0 Å². The van der Waals surface area contributed by atoms with Gasteiger partial charge in [-0.25, -0.2) is 26.7 Å². The second-order valence-corrected chi connectivity index (χ2v) is 9.86. The summed E-state index contributed by atoms with van der Waals surface area (Å²) in [4.78, 5) is 23.5. The van der Waals surface area contributed by atoms with E-state index in [0.717, 1.165) is 11.6 Å². The van der Waals surface area contributed by atoms with Gasteiger partial charge in [-0.2, -0.15) is 0 Å². The second kappa shape index (κ2) is 9.53. The van der Waals surface area contributed by atoms with Crippen molar-refractivity contribution in [1.29, 1.82) is 0 Å². The minimum absolute atomic E-state index is 0.0650. The van der Waals surface area contributed by atoms with Crippen LogP contribution in [0.25, 0.3) is 0 Å². The molecule has 0 aromatic heterocycles. The molecular weight excluding hydrogens is 456 g/mol. The molecule has 2 rings (SSSR count). The highest BCUT2D eigenvalue weighted by Gasteiger charge is 2.17. The molecule has 13 heteroatoms. The van der Waals surface area contributed by atoms with Gasteiger partial charge in [-0.1, -0.05) is 29.3 Å². The number of benzene rings is 2. The molecule has 0 bridgehead atoms. The van der Waals surface area contributed by atoms with E-state index in [2.05, 4.69) is 15.6 Å². The molecule has 10 nitrogen and oxygen atoms in total. The van der Waals surface area contributed by atoms with Gasteiger partial charge in [-0.3, -0.25) is 20.4 Å². The zero-order chi connectivity index (χ0) is 22.5. The van der Waals surface area contributed by atoms with E-state index in [1.807, 2.05) is 6.92 Å². The van der Waals surface area contributed by atoms with Crippen LogP contribution in [0.3, 0.4) is 0 Å². The van der Waals surface area contributed by atoms with E-state index in [1.165, 1.54) is 24.3 Å². The number of halogens is 1. The third-order valence-corrected chi connectivity index (χ3v) is 6.66. The molecule has 2 aromatic carbocycles. The van der Waals surface area contributed by atoms with Crippen LogP contribution in [0.2, 0.25) is 5.02 Å². The molecule has 0 atom stereocenters. The minimum atomic E-state index is -4.14. The molecule has 0 heterocycles. The maximum Gasteiger partial charge on any atom is 0.269 e. The number of sulfonamides is 2. The van der Waals surface area contributed by atoms with Gasteiger partial charge in [0.1, 0.15) is 4.90 Å². The molecule has 5 N–H and O–H groups in total. The number of rotatable bonds is 7. The van der Waals surface area contributed by atoms with Gasteiger partial charge >= 0.3 is 0 Å². The van der Waals surface area contributed by atoms with Crippen molar-refractivity contribution in [1.82, 2.24) is 15.6 Å². The highest BCUT2D eigenvalue weighted by atomic mass is 35.5. The summed E-state index contributed by atoms with van der Waals surface area (Å²) in [7, 11) is -7.90. The summed E-state index contributed by atoms with van der Waals surface area (Å²) in [6.07, 6.45) is -0.256. The van der Waals surface area contributed by atoms with Gasteiger partial charge in [0, 0.05) is 18.5 Å². The van der Waals surface area contributed by atoms with Gasteiger partial charge in [-0.15, -0.1) is 0 Å². The van der Waals surface area contributed by atoms with Crippen molar-refractivity contribution in [3.05, 3.63) is 58.6 Å². The van der Waals surface area contributed by atoms with Gasteiger partial charge in [-0.05, 0) is 37.3 Å². The lowest BCUT2D eigenvalue weighted by Gasteiger charge is -2.10. The molecule has 0 fully saturated rings. The van der Waals surface area contributed by atoms with E-state index < -0.39 is 36.8 Å². The smallest absolute Gasteiger partial charge is 0.269 e. The van der Waals surface area contributed by atoms with Crippen molar-refractivity contribution in [3.63, 3.8) is 0 Å². The lowest BCUT2D eigenvalue weighted by Crippen LogP contribution is -2.42. The van der Waals surface area contributed by atoms with Crippen LogP contribution in [0.15, 0.2) is 52.3 Å². The fraction of sp³-hybridized carbons (Fsp3) is 0.176. The van der Waals surface area contributed by atoms with Crippen LogP contribution >= 0.6 is 11.6 Å². The second-order valence-electron chi connectivity index (χ2n) is 6.15. The minimum Gasteiger partial charge on any atom is -0.273 e. The average Bonchev–Trinajstić information content (AvgIpc) is 2.65. The van der Waals surface area contributed by atoms with Crippen LogP contribution in [0, 0.1) is 6.92 Å². The van der Waals surface area contributed by atoms with Crippen LogP contribution in [0.5, 0.6) is 0 Å². The van der Waals surface area contributed by atoms with Crippen molar-refractivity contribution >= 4 is 43.5 Å². The van der Waals surface area contributed by atoms with Gasteiger partial charge in [0.2, 0.25) is 26.0 Å². The molecule has 2 aromatic rings. The number of hydrogen-bond donors (Lipinski definition) is 4. The standard InChI is InChI=1S/C17H19ClN4O6S2/c1-11-2-5-13(6-3-11)30(27,28)20-9-8-16(23)21-22-17(24)12-4-7-14(18)15(10-12)29(19,25)26/h2-7,10,20H,8-9H2,1H3,(H,21,23)(H,22,24)(H2,19,25,26). The van der Waals surface area contributed by atoms with E-state index in [1.54, 1.807) is 12.1 Å². The SMILES string of the molecule is Cc1ccc(S(=O)(=O)NCCC(=O)NNC(=O)c2ccc(Cl)c(S(N)(=O)=O)c2)cc1. The van der Waals surface area contributed by atoms with Crippen LogP contribution in [0.1, 0.15) is 22.3 Å². The van der Waals surface area contributed by atoms with Gasteiger partial charge in [0.05, 0.1) is 9.92 Å². The Morgan fingerprint density at radius 2 is 1.63 bits per heavy atom. The van der Waals surface area contributed by atoms with E-state index in [-0.39, 0.29) is 28.4 Å². The third-order valence-electron chi connectivity index (χ3n) is 3.79. The van der Waals surface area contributed by atoms with Crippen molar-refractivity contribution in [2.24, 2.45) is 5.14 Å². The van der Waals surface area contributed by atoms with E-state index >= 15 is 0 Å². The van der Waals surface area contributed by atoms with Crippen molar-refractivity contribution < 1.29 is 26.4 Å². The Morgan fingerprint density at radius 3 is 2.23 bits per heavy atom. The van der Waals surface area contributed by atoms with E-state index in [9.17, 15) is 26.4 Å². The Bertz CT molecular complexity index is 1170. The number of nitrogens with one attached hydrogen (secondary N) is 3. The Morgan fingerprint density at radius 1 is 1.00 bits per heavy atom. The van der Waals surface area contributed by atoms with Crippen LogP contribution in [-0.2, 0) is 24.8 Å². The van der Waals surface area contributed by atoms with Gasteiger partial charge < -0.3 is 0 Å². The Balaban J connectivity index is 1.88. The lowest BCUT2D eigenvalue weighted by molar-refractivity contribution is -0.121. The number of amides is 2. The first-order chi connectivity index (χ1) is 13.9. The normalized spacial score (nSPS) is 11.7. The van der Waals surface area contributed by atoms with Crippen LogP contribution in [0.4, 0.5) is 0 Å². The highest BCUT2D eigenvalue weighted by molar-refractivity contribution is 7.89. The molecule has 0 spiro atoms. The van der Waals surface area contributed by atoms with E-state index in [4.69, 9.17) is 16.7 Å². The number of nitrogens with two attached hydrogens (primary N) is 1. The van der Waals surface area contributed by atoms with Crippen molar-refractivity contribution in [2.45, 2.75) is 23.1 Å². The molecule has 0 aliphatic carbocycles. The average molecular weight is 475 g/mol. The molecule has 0 saturated carbocycles. The summed E-state index contributed by atoms with van der Waals surface area (Å²) in [6, 6.07) is 9.57. The number of hydrazine groups is 1. The largest absolute Gasteiger partial charge is 0.273 e. The first-order valence-electron chi connectivity index (χ1n) is 8.38. The molecule has 30 heavy (non-hydrogen) atoms. The molecule has 0 aliphatic rings. The number of carbonyl (C=O) groups excluding carboxylic acids is 2. The molecule has 162 valence electrons. The zero-order valence-electron chi connectivity index (χ0n) is 15.7. The maximum atomic E-state index is 12.1. The molecule has 0 radical (unpaired) electrons. The Hall–Kier alpha value is -2.51. The monoisotopic (exact) mass is 474 g/mol. The zero-order valence-corrected chi connectivity index (χ0v) is 18.1. The topological polar surface area (TPSA) is 165 Å². The third kappa shape index (κ3) is 6.50. The first-order valence-corrected chi connectivity index (χ1v) is 11.8. The summed E-state index contributed by atoms with van der Waals surface area (Å²) in [6.45, 7) is 1.62. The molecule has 0 aliphatic heterocycles. The number of carbonyl (C=O) groups is 2. The number of primary sulfonamides is 1. The quantitative estimate of drug-likeness (QED) is 0.425. The molecular formula is C17H19ClN4O6S2. The summed E-state index contributed by atoms with van der Waals surface area (Å²) in [5.74, 6) is -1.49. The van der Waals surface area contributed by atoms with E-state index in [0.29, 0.717) is 0 Å². The predicted molar refractivity (Wildman–Crippen MR) is 109 cm³/mol. The van der Waals surface area contributed by atoms with Crippen LogP contribution < -0.4 is 20.7 Å². The summed E-state index contributed by atoms with van der Waals surface area (Å²) >= 11 is 5.74. The van der Waals surface area contributed by atoms with Gasteiger partial charge in [0.25, 0.3) is 5.91 Å². The maximum absolute atomic E-state index is 12.1. The molecule has 2 amide bonds. The lowest BCUT2D eigenvalue weighted by atomic mass is 10.2. The Kier molecular flexibility index (Phi) is 7.55. The Labute approximate surface area is 178 Å². The van der Waals surface area contributed by atoms with Crippen molar-refractivity contribution in [2.75, 3.05) is 6.54 Å². The summed E-state index contributed by atoms with van der Waals surface area (Å²) in [5, 5.41) is 4.86. The van der Waals surface area contributed by atoms with Gasteiger partial charge in [0.15, 0.2) is 0 Å². The number of hydrogen-bond acceptors (Lipinski definition) is 6. The first kappa shape index (κ1) is 23.8. The molecule has 0 saturated heterocycles. The number of aryl methyl sites for hydroxylation is 1. The molecule has 0 unspecified atom stereocenters. The highest BCUT2D eigenvalue weighted by Crippen LogP contribution is 2.21. The fourth-order valence-corrected chi connectivity index (χ4v) is 4.33. The van der Waals surface area contributed by atoms with Crippen LogP contribution in [-0.4, -0.2) is 35.2 Å².